The second-order valence-electron chi connectivity index (χ2n) is 7.17. The fraction of sp³-hybridized carbons (Fsp3) is 0.471. The zero-order valence-corrected chi connectivity index (χ0v) is 15.5. The predicted molar refractivity (Wildman–Crippen MR) is 98.0 cm³/mol. The quantitative estimate of drug-likeness (QED) is 0.718. The molecule has 1 atom stereocenters. The summed E-state index contributed by atoms with van der Waals surface area (Å²) >= 11 is 0. The smallest absolute Gasteiger partial charge is 0.321 e. The van der Waals surface area contributed by atoms with Gasteiger partial charge in [0.2, 0.25) is 0 Å². The topological polar surface area (TPSA) is 114 Å². The molecule has 10 heteroatoms. The van der Waals surface area contributed by atoms with Gasteiger partial charge in [0.1, 0.15) is 11.3 Å². The zero-order valence-electron chi connectivity index (χ0n) is 15.5. The SMILES string of the molecule is CC(C)n1cc(C2(O)CCN(C(=O)Nc3ccnc4c3cnn4C)C2)nn1. The van der Waals surface area contributed by atoms with Crippen LogP contribution in [0.4, 0.5) is 10.5 Å². The van der Waals surface area contributed by atoms with Gasteiger partial charge >= 0.3 is 6.03 Å². The van der Waals surface area contributed by atoms with E-state index in [0.29, 0.717) is 30.0 Å². The van der Waals surface area contributed by atoms with E-state index in [-0.39, 0.29) is 18.6 Å². The van der Waals surface area contributed by atoms with Gasteiger partial charge in [-0.1, -0.05) is 5.21 Å². The van der Waals surface area contributed by atoms with E-state index in [9.17, 15) is 9.90 Å². The molecule has 1 aliphatic rings. The number of anilines is 1. The van der Waals surface area contributed by atoms with Gasteiger partial charge in [-0.15, -0.1) is 5.10 Å². The first-order valence-electron chi connectivity index (χ1n) is 8.85. The van der Waals surface area contributed by atoms with E-state index in [1.165, 1.54) is 0 Å². The average molecular weight is 370 g/mol. The van der Waals surface area contributed by atoms with Crippen molar-refractivity contribution in [1.82, 2.24) is 34.7 Å². The normalized spacial score (nSPS) is 20.0. The first-order valence-corrected chi connectivity index (χ1v) is 8.85. The number of pyridine rings is 1. The van der Waals surface area contributed by atoms with Gasteiger partial charge in [-0.05, 0) is 19.9 Å². The van der Waals surface area contributed by atoms with Gasteiger partial charge in [-0.25, -0.2) is 14.5 Å². The van der Waals surface area contributed by atoms with E-state index in [0.717, 1.165) is 5.39 Å². The lowest BCUT2D eigenvalue weighted by atomic mass is 10.00. The van der Waals surface area contributed by atoms with E-state index in [1.807, 2.05) is 13.8 Å². The maximum atomic E-state index is 12.7. The molecule has 4 heterocycles. The van der Waals surface area contributed by atoms with Gasteiger partial charge < -0.3 is 15.3 Å². The highest BCUT2D eigenvalue weighted by atomic mass is 16.3. The summed E-state index contributed by atoms with van der Waals surface area (Å²) in [5.41, 5.74) is 0.632. The number of urea groups is 1. The van der Waals surface area contributed by atoms with Gasteiger partial charge in [0.15, 0.2) is 5.65 Å². The summed E-state index contributed by atoms with van der Waals surface area (Å²) < 4.78 is 3.35. The highest BCUT2D eigenvalue weighted by Crippen LogP contribution is 2.31. The van der Waals surface area contributed by atoms with Gasteiger partial charge in [0.05, 0.1) is 30.0 Å². The van der Waals surface area contributed by atoms with E-state index in [4.69, 9.17) is 0 Å². The molecule has 4 rings (SSSR count). The molecular formula is C17H22N8O2. The Morgan fingerprint density at radius 3 is 2.96 bits per heavy atom. The van der Waals surface area contributed by atoms with Crippen LogP contribution in [0, 0.1) is 0 Å². The van der Waals surface area contributed by atoms with Crippen molar-refractivity contribution in [2.24, 2.45) is 7.05 Å². The monoisotopic (exact) mass is 370 g/mol. The first-order chi connectivity index (χ1) is 12.9. The Morgan fingerprint density at radius 1 is 1.41 bits per heavy atom. The summed E-state index contributed by atoms with van der Waals surface area (Å²) in [6, 6.07) is 1.61. The molecule has 10 nitrogen and oxygen atoms in total. The number of nitrogens with one attached hydrogen (secondary N) is 1. The van der Waals surface area contributed by atoms with Crippen LogP contribution < -0.4 is 5.32 Å². The number of aryl methyl sites for hydroxylation is 1. The molecule has 0 saturated carbocycles. The summed E-state index contributed by atoms with van der Waals surface area (Å²) in [5.74, 6) is 0. The van der Waals surface area contributed by atoms with Crippen LogP contribution in [0.5, 0.6) is 0 Å². The molecule has 2 N–H and O–H groups in total. The lowest BCUT2D eigenvalue weighted by Gasteiger charge is -2.21. The third-order valence-corrected chi connectivity index (χ3v) is 4.93. The molecule has 1 unspecified atom stereocenters. The molecule has 2 amide bonds. The molecule has 0 spiro atoms. The van der Waals surface area contributed by atoms with Crippen molar-refractivity contribution in [2.45, 2.75) is 31.9 Å². The number of aromatic nitrogens is 6. The third-order valence-electron chi connectivity index (χ3n) is 4.93. The Kier molecular flexibility index (Phi) is 4.06. The summed E-state index contributed by atoms with van der Waals surface area (Å²) in [4.78, 5) is 18.6. The molecule has 0 aromatic carbocycles. The van der Waals surface area contributed by atoms with E-state index in [1.54, 1.807) is 46.0 Å². The van der Waals surface area contributed by atoms with Gasteiger partial charge in [0.25, 0.3) is 0 Å². The zero-order chi connectivity index (χ0) is 19.2. The minimum atomic E-state index is -1.19. The van der Waals surface area contributed by atoms with Crippen LogP contribution >= 0.6 is 0 Å². The average Bonchev–Trinajstić information content (AvgIpc) is 3.35. The maximum absolute atomic E-state index is 12.7. The lowest BCUT2D eigenvalue weighted by Crippen LogP contribution is -2.37. The number of nitrogens with zero attached hydrogens (tertiary/aromatic N) is 7. The maximum Gasteiger partial charge on any atom is 0.321 e. The van der Waals surface area contributed by atoms with Crippen molar-refractivity contribution in [3.63, 3.8) is 0 Å². The van der Waals surface area contributed by atoms with Gasteiger partial charge in [-0.2, -0.15) is 5.10 Å². The van der Waals surface area contributed by atoms with Crippen LogP contribution in [0.2, 0.25) is 0 Å². The molecule has 1 fully saturated rings. The van der Waals surface area contributed by atoms with Crippen LogP contribution in [-0.2, 0) is 12.6 Å². The van der Waals surface area contributed by atoms with Crippen molar-refractivity contribution in [3.8, 4) is 0 Å². The Balaban J connectivity index is 1.50. The molecule has 1 saturated heterocycles. The molecule has 27 heavy (non-hydrogen) atoms. The van der Waals surface area contributed by atoms with E-state index >= 15 is 0 Å². The molecule has 0 bridgehead atoms. The standard InChI is InChI=1S/C17H22N8O2/c1-11(2)25-9-14(21-22-25)17(27)5-7-24(10-17)16(26)20-13-4-6-18-15-12(13)8-19-23(15)3/h4,6,8-9,11,27H,5,7,10H2,1-3H3,(H,18,20,26). The second kappa shape index (κ2) is 6.31. The Hall–Kier alpha value is -3.01. The van der Waals surface area contributed by atoms with E-state index < -0.39 is 5.60 Å². The lowest BCUT2D eigenvalue weighted by molar-refractivity contribution is 0.0455. The molecule has 142 valence electrons. The molecule has 3 aromatic heterocycles. The number of rotatable bonds is 3. The number of carbonyl (C=O) groups excluding carboxylic acids is 1. The van der Waals surface area contributed by atoms with Crippen LogP contribution in [0.15, 0.2) is 24.7 Å². The molecule has 3 aromatic rings. The summed E-state index contributed by atoms with van der Waals surface area (Å²) in [5, 5.41) is 26.9. The summed E-state index contributed by atoms with van der Waals surface area (Å²) in [6.45, 7) is 4.57. The predicted octanol–water partition coefficient (Wildman–Crippen LogP) is 1.27. The molecule has 0 aliphatic carbocycles. The number of fused-ring (bicyclic) bond motifs is 1. The molecular weight excluding hydrogens is 348 g/mol. The number of hydrogen-bond donors (Lipinski definition) is 2. The number of aliphatic hydroxyl groups is 1. The van der Waals surface area contributed by atoms with Gasteiger partial charge in [0, 0.05) is 32.3 Å². The summed E-state index contributed by atoms with van der Waals surface area (Å²) in [7, 11) is 1.80. The summed E-state index contributed by atoms with van der Waals surface area (Å²) in [6.07, 6.45) is 5.45. The van der Waals surface area contributed by atoms with Crippen molar-refractivity contribution < 1.29 is 9.90 Å². The van der Waals surface area contributed by atoms with Crippen molar-refractivity contribution in [2.75, 3.05) is 18.4 Å². The van der Waals surface area contributed by atoms with Gasteiger partial charge in [-0.3, -0.25) is 4.68 Å². The van der Waals surface area contributed by atoms with Crippen molar-refractivity contribution >= 4 is 22.8 Å². The Bertz CT molecular complexity index is 994. The minimum Gasteiger partial charge on any atom is -0.381 e. The largest absolute Gasteiger partial charge is 0.381 e. The number of amides is 2. The highest BCUT2D eigenvalue weighted by Gasteiger charge is 2.42. The van der Waals surface area contributed by atoms with Crippen LogP contribution in [0.25, 0.3) is 11.0 Å². The number of likely N-dealkylation sites (tertiary alicyclic amines) is 1. The number of carbonyl (C=O) groups is 1. The number of β-amino-alcohol motifs (C(OH)–C–C–N with tert-alkyl or cyclic N) is 1. The second-order valence-corrected chi connectivity index (χ2v) is 7.17. The first kappa shape index (κ1) is 17.4. The third kappa shape index (κ3) is 3.01. The molecule has 1 aliphatic heterocycles. The number of hydrogen-bond acceptors (Lipinski definition) is 6. The Labute approximate surface area is 155 Å². The molecule has 0 radical (unpaired) electrons. The van der Waals surface area contributed by atoms with Crippen LogP contribution in [0.3, 0.4) is 0 Å². The fourth-order valence-corrected chi connectivity index (χ4v) is 3.27. The van der Waals surface area contributed by atoms with Crippen LogP contribution in [0.1, 0.15) is 32.0 Å². The van der Waals surface area contributed by atoms with Crippen molar-refractivity contribution in [1.29, 1.82) is 0 Å². The fourth-order valence-electron chi connectivity index (χ4n) is 3.27. The Morgan fingerprint density at radius 2 is 2.22 bits per heavy atom. The van der Waals surface area contributed by atoms with Crippen LogP contribution in [-0.4, -0.2) is 58.9 Å². The minimum absolute atomic E-state index is 0.157. The van der Waals surface area contributed by atoms with Crippen molar-refractivity contribution in [3.05, 3.63) is 30.4 Å². The van der Waals surface area contributed by atoms with E-state index in [2.05, 4.69) is 25.7 Å². The highest BCUT2D eigenvalue weighted by molar-refractivity contribution is 5.99.